The summed E-state index contributed by atoms with van der Waals surface area (Å²) in [5.74, 6) is 0.578. The van der Waals surface area contributed by atoms with Crippen molar-refractivity contribution in [3.05, 3.63) is 18.5 Å². The van der Waals surface area contributed by atoms with Gasteiger partial charge in [0.1, 0.15) is 0 Å². The van der Waals surface area contributed by atoms with Gasteiger partial charge in [-0.05, 0) is 6.07 Å². The number of fused-ring (bicyclic) bond motifs is 1. The Kier molecular flexibility index (Phi) is 1.46. The molecule has 0 spiro atoms. The fourth-order valence-corrected chi connectivity index (χ4v) is 1.06. The Bertz CT molecular complexity index is 408. The minimum Gasteiger partial charge on any atom is -0.481 e. The summed E-state index contributed by atoms with van der Waals surface area (Å²) in [7, 11) is 3.46. The average molecular weight is 162 g/mol. The monoisotopic (exact) mass is 162 g/mol. The molecule has 0 bridgehead atoms. The Morgan fingerprint density at radius 3 is 3.08 bits per heavy atom. The summed E-state index contributed by atoms with van der Waals surface area (Å²) < 4.78 is 6.75. The first-order valence-corrected chi connectivity index (χ1v) is 3.56. The van der Waals surface area contributed by atoms with Crippen molar-refractivity contribution >= 4 is 11.2 Å². The molecule has 1 radical (unpaired) electrons. The van der Waals surface area contributed by atoms with Crippen LogP contribution in [-0.2, 0) is 7.05 Å². The lowest BCUT2D eigenvalue weighted by Gasteiger charge is -1.97. The lowest BCUT2D eigenvalue weighted by Crippen LogP contribution is -1.88. The third kappa shape index (κ3) is 0.922. The van der Waals surface area contributed by atoms with E-state index in [1.54, 1.807) is 17.7 Å². The van der Waals surface area contributed by atoms with Gasteiger partial charge in [0.15, 0.2) is 12.0 Å². The van der Waals surface area contributed by atoms with Crippen LogP contribution in [0.4, 0.5) is 0 Å². The summed E-state index contributed by atoms with van der Waals surface area (Å²) >= 11 is 0. The zero-order valence-corrected chi connectivity index (χ0v) is 6.90. The van der Waals surface area contributed by atoms with E-state index in [0.29, 0.717) is 11.5 Å². The number of hydrogen-bond donors (Lipinski definition) is 0. The maximum absolute atomic E-state index is 4.96. The van der Waals surface area contributed by atoms with Gasteiger partial charge in [0.2, 0.25) is 5.88 Å². The topological polar surface area (TPSA) is 39.9 Å². The first-order valence-electron chi connectivity index (χ1n) is 3.56. The number of pyridine rings is 1. The summed E-state index contributed by atoms with van der Waals surface area (Å²) in [5, 5.41) is 0. The van der Waals surface area contributed by atoms with Gasteiger partial charge in [-0.2, -0.15) is 4.98 Å². The van der Waals surface area contributed by atoms with E-state index in [1.165, 1.54) is 0 Å². The second-order valence-electron chi connectivity index (χ2n) is 2.47. The molecular weight excluding hydrogens is 154 g/mol. The van der Waals surface area contributed by atoms with Crippen molar-refractivity contribution in [3.63, 3.8) is 0 Å². The van der Waals surface area contributed by atoms with E-state index < -0.39 is 0 Å². The SMILES string of the molecule is COc1ccc2c(n[c]n2C)n1. The second-order valence-corrected chi connectivity index (χ2v) is 2.47. The number of hydrogen-bond acceptors (Lipinski definition) is 3. The number of methoxy groups -OCH3 is 1. The second kappa shape index (κ2) is 2.48. The maximum Gasteiger partial charge on any atom is 0.215 e. The molecule has 12 heavy (non-hydrogen) atoms. The van der Waals surface area contributed by atoms with Gasteiger partial charge in [-0.15, -0.1) is 0 Å². The Balaban J connectivity index is 2.69. The quantitative estimate of drug-likeness (QED) is 0.622. The summed E-state index contributed by atoms with van der Waals surface area (Å²) in [6.07, 6.45) is 2.78. The first kappa shape index (κ1) is 7.09. The molecule has 0 N–H and O–H groups in total. The summed E-state index contributed by atoms with van der Waals surface area (Å²) in [4.78, 5) is 8.10. The minimum absolute atomic E-state index is 0.578. The number of aryl methyl sites for hydroxylation is 1. The number of ether oxygens (including phenoxy) is 1. The summed E-state index contributed by atoms with van der Waals surface area (Å²) in [5.41, 5.74) is 1.62. The minimum atomic E-state index is 0.578. The molecule has 0 saturated heterocycles. The van der Waals surface area contributed by atoms with E-state index in [4.69, 9.17) is 4.74 Å². The van der Waals surface area contributed by atoms with Crippen LogP contribution in [0.2, 0.25) is 0 Å². The smallest absolute Gasteiger partial charge is 0.215 e. The zero-order chi connectivity index (χ0) is 8.55. The number of imidazole rings is 1. The Labute approximate surface area is 69.8 Å². The highest BCUT2D eigenvalue weighted by molar-refractivity contribution is 5.71. The molecule has 0 unspecified atom stereocenters. The molecule has 0 aliphatic carbocycles. The molecule has 0 fully saturated rings. The van der Waals surface area contributed by atoms with Gasteiger partial charge in [0, 0.05) is 13.1 Å². The van der Waals surface area contributed by atoms with Crippen molar-refractivity contribution in [3.8, 4) is 5.88 Å². The Hall–Kier alpha value is -1.58. The lowest BCUT2D eigenvalue weighted by molar-refractivity contribution is 0.399. The van der Waals surface area contributed by atoms with Crippen molar-refractivity contribution in [1.82, 2.24) is 14.5 Å². The van der Waals surface area contributed by atoms with Gasteiger partial charge in [-0.3, -0.25) is 0 Å². The molecule has 2 aromatic rings. The molecule has 2 heterocycles. The molecule has 61 valence electrons. The van der Waals surface area contributed by atoms with Crippen molar-refractivity contribution < 1.29 is 4.74 Å². The number of rotatable bonds is 1. The molecule has 4 nitrogen and oxygen atoms in total. The third-order valence-electron chi connectivity index (χ3n) is 1.71. The van der Waals surface area contributed by atoms with E-state index in [2.05, 4.69) is 16.3 Å². The largest absolute Gasteiger partial charge is 0.481 e. The van der Waals surface area contributed by atoms with Crippen LogP contribution in [0.25, 0.3) is 11.2 Å². The van der Waals surface area contributed by atoms with Crippen molar-refractivity contribution in [2.75, 3.05) is 7.11 Å². The van der Waals surface area contributed by atoms with Gasteiger partial charge < -0.3 is 9.30 Å². The Morgan fingerprint density at radius 1 is 1.50 bits per heavy atom. The van der Waals surface area contributed by atoms with Crippen LogP contribution in [-0.4, -0.2) is 21.6 Å². The standard InChI is InChI=1S/C8H8N3O/c1-11-5-9-8-6(11)3-4-7(10-8)12-2/h3-4H,1-2H3. The van der Waals surface area contributed by atoms with Gasteiger partial charge in [-0.1, -0.05) is 0 Å². The van der Waals surface area contributed by atoms with Gasteiger partial charge in [0.25, 0.3) is 0 Å². The predicted molar refractivity (Wildman–Crippen MR) is 43.9 cm³/mol. The number of aromatic nitrogens is 3. The first-order chi connectivity index (χ1) is 5.81. The van der Waals surface area contributed by atoms with Crippen molar-refractivity contribution in [2.45, 2.75) is 0 Å². The molecule has 2 aromatic heterocycles. The average Bonchev–Trinajstić information content (AvgIpc) is 2.47. The van der Waals surface area contributed by atoms with Crippen molar-refractivity contribution in [1.29, 1.82) is 0 Å². The predicted octanol–water partition coefficient (Wildman–Crippen LogP) is 0.777. The van der Waals surface area contributed by atoms with Crippen LogP contribution in [0.15, 0.2) is 12.1 Å². The van der Waals surface area contributed by atoms with Gasteiger partial charge in [-0.25, -0.2) is 4.98 Å². The van der Waals surface area contributed by atoms with Crippen LogP contribution in [0.3, 0.4) is 0 Å². The summed E-state index contributed by atoms with van der Waals surface area (Å²) in [6.45, 7) is 0. The van der Waals surface area contributed by atoms with Crippen LogP contribution in [0, 0.1) is 6.33 Å². The van der Waals surface area contributed by atoms with Crippen molar-refractivity contribution in [2.24, 2.45) is 7.05 Å². The molecule has 0 aliphatic heterocycles. The van der Waals surface area contributed by atoms with Crippen LogP contribution >= 0.6 is 0 Å². The fraction of sp³-hybridized carbons (Fsp3) is 0.250. The van der Waals surface area contributed by atoms with E-state index >= 15 is 0 Å². The fourth-order valence-electron chi connectivity index (χ4n) is 1.06. The van der Waals surface area contributed by atoms with E-state index in [-0.39, 0.29) is 0 Å². The van der Waals surface area contributed by atoms with Gasteiger partial charge in [0.05, 0.1) is 12.6 Å². The Morgan fingerprint density at radius 2 is 2.33 bits per heavy atom. The van der Waals surface area contributed by atoms with Crippen LogP contribution in [0.1, 0.15) is 0 Å². The summed E-state index contributed by atoms with van der Waals surface area (Å²) in [6, 6.07) is 3.71. The zero-order valence-electron chi connectivity index (χ0n) is 6.90. The van der Waals surface area contributed by atoms with E-state index in [0.717, 1.165) is 5.52 Å². The molecular formula is C8H8N3O. The lowest BCUT2D eigenvalue weighted by atomic mass is 10.4. The van der Waals surface area contributed by atoms with E-state index in [1.807, 2.05) is 13.1 Å². The molecule has 0 amide bonds. The van der Waals surface area contributed by atoms with Crippen LogP contribution in [0.5, 0.6) is 5.88 Å². The van der Waals surface area contributed by atoms with Crippen LogP contribution < -0.4 is 4.74 Å². The molecule has 4 heteroatoms. The molecule has 2 rings (SSSR count). The third-order valence-corrected chi connectivity index (χ3v) is 1.71. The molecule has 0 aromatic carbocycles. The molecule has 0 saturated carbocycles. The maximum atomic E-state index is 4.96. The van der Waals surface area contributed by atoms with E-state index in [9.17, 15) is 0 Å². The number of nitrogens with zero attached hydrogens (tertiary/aromatic N) is 3. The highest BCUT2D eigenvalue weighted by Gasteiger charge is 2.01. The normalized spacial score (nSPS) is 10.5. The highest BCUT2D eigenvalue weighted by atomic mass is 16.5. The highest BCUT2D eigenvalue weighted by Crippen LogP contribution is 2.13. The van der Waals surface area contributed by atoms with Gasteiger partial charge >= 0.3 is 0 Å². The molecule has 0 aliphatic rings. The molecule has 0 atom stereocenters.